The number of hydrogen-bond donors (Lipinski definition) is 2. The largest absolute Gasteiger partial charge is 0.512 e. The number of para-hydroxylation sites is 2. The van der Waals surface area contributed by atoms with E-state index in [1.165, 1.54) is 0 Å². The molecule has 0 fully saturated rings. The number of H-pyrrole nitrogens is 1. The van der Waals surface area contributed by atoms with E-state index in [-0.39, 0.29) is 5.88 Å². The zero-order valence-electron chi connectivity index (χ0n) is 23.5. The monoisotopic (exact) mass is 561 g/mol. The molecule has 0 saturated heterocycles. The van der Waals surface area contributed by atoms with Crippen LogP contribution in [0.4, 0.5) is 4.79 Å². The van der Waals surface area contributed by atoms with Crippen LogP contribution in [-0.4, -0.2) is 32.6 Å². The third-order valence-corrected chi connectivity index (χ3v) is 7.40. The number of ether oxygens (including phenoxy) is 3. The fraction of sp³-hybridized carbons (Fsp3) is 0.176. The lowest BCUT2D eigenvalue weighted by Crippen LogP contribution is -2.06. The molecule has 0 aliphatic carbocycles. The molecule has 0 saturated carbocycles. The molecule has 8 nitrogen and oxygen atoms in total. The van der Waals surface area contributed by atoms with E-state index in [1.54, 1.807) is 0 Å². The molecule has 0 spiro atoms. The van der Waals surface area contributed by atoms with E-state index in [0.717, 1.165) is 61.3 Å². The Morgan fingerprint density at radius 3 is 2.48 bits per heavy atom. The third-order valence-electron chi connectivity index (χ3n) is 7.40. The molecule has 0 atom stereocenters. The van der Waals surface area contributed by atoms with E-state index in [9.17, 15) is 9.90 Å². The quantitative estimate of drug-likeness (QED) is 0.131. The SMILES string of the molecule is Cc1nn(C)c(COc2ccccc2)c1-c1cccc2c(CCCOc3cccc4ccccc34)c(OC(=O)O)[nH]c12. The van der Waals surface area contributed by atoms with Crippen molar-refractivity contribution in [2.24, 2.45) is 7.05 Å². The molecule has 0 amide bonds. The van der Waals surface area contributed by atoms with Gasteiger partial charge < -0.3 is 24.3 Å². The Kier molecular flexibility index (Phi) is 7.51. The highest BCUT2D eigenvalue weighted by molar-refractivity contribution is 5.99. The topological polar surface area (TPSA) is 98.6 Å². The van der Waals surface area contributed by atoms with Gasteiger partial charge in [0.05, 0.1) is 23.5 Å². The molecule has 0 radical (unpaired) electrons. The van der Waals surface area contributed by atoms with Crippen molar-refractivity contribution in [1.29, 1.82) is 0 Å². The van der Waals surface area contributed by atoms with Crippen molar-refractivity contribution in [2.45, 2.75) is 26.4 Å². The number of benzene rings is 4. The number of aromatic amines is 1. The van der Waals surface area contributed by atoms with Crippen molar-refractivity contribution >= 4 is 27.8 Å². The summed E-state index contributed by atoms with van der Waals surface area (Å²) in [5, 5.41) is 17.2. The van der Waals surface area contributed by atoms with Gasteiger partial charge in [-0.2, -0.15) is 5.10 Å². The first-order chi connectivity index (χ1) is 20.5. The predicted octanol–water partition coefficient (Wildman–Crippen LogP) is 7.68. The zero-order chi connectivity index (χ0) is 29.1. The molecule has 2 aromatic heterocycles. The molecule has 0 aliphatic heterocycles. The number of nitrogens with one attached hydrogen (secondary N) is 1. The van der Waals surface area contributed by atoms with Gasteiger partial charge in [0, 0.05) is 34.5 Å². The lowest BCUT2D eigenvalue weighted by Gasteiger charge is -2.11. The van der Waals surface area contributed by atoms with Gasteiger partial charge in [0.15, 0.2) is 0 Å². The van der Waals surface area contributed by atoms with Crippen LogP contribution in [0.3, 0.4) is 0 Å². The summed E-state index contributed by atoms with van der Waals surface area (Å²) in [5.74, 6) is 1.82. The van der Waals surface area contributed by atoms with E-state index < -0.39 is 6.16 Å². The number of aryl methyl sites for hydroxylation is 3. The van der Waals surface area contributed by atoms with Crippen LogP contribution in [0.15, 0.2) is 91.0 Å². The van der Waals surface area contributed by atoms with Gasteiger partial charge in [0.2, 0.25) is 5.88 Å². The summed E-state index contributed by atoms with van der Waals surface area (Å²) in [6, 6.07) is 29.7. The van der Waals surface area contributed by atoms with Crippen molar-refractivity contribution in [3.63, 3.8) is 0 Å². The summed E-state index contributed by atoms with van der Waals surface area (Å²) in [4.78, 5) is 14.9. The number of carbonyl (C=O) groups is 1. The van der Waals surface area contributed by atoms with E-state index in [0.29, 0.717) is 26.1 Å². The van der Waals surface area contributed by atoms with Crippen molar-refractivity contribution < 1.29 is 24.1 Å². The zero-order valence-corrected chi connectivity index (χ0v) is 23.5. The van der Waals surface area contributed by atoms with Gasteiger partial charge in [-0.05, 0) is 43.4 Å². The smallest absolute Gasteiger partial charge is 0.493 e. The maximum atomic E-state index is 11.6. The summed E-state index contributed by atoms with van der Waals surface area (Å²) in [6.45, 7) is 2.75. The highest BCUT2D eigenvalue weighted by Crippen LogP contribution is 2.38. The maximum absolute atomic E-state index is 11.6. The van der Waals surface area contributed by atoms with Crippen LogP contribution in [0, 0.1) is 6.92 Å². The van der Waals surface area contributed by atoms with Gasteiger partial charge >= 0.3 is 6.16 Å². The Morgan fingerprint density at radius 1 is 0.905 bits per heavy atom. The molecule has 6 aromatic rings. The minimum Gasteiger partial charge on any atom is -0.493 e. The Labute approximate surface area is 243 Å². The lowest BCUT2D eigenvalue weighted by atomic mass is 9.99. The molecule has 0 aliphatic rings. The van der Waals surface area contributed by atoms with Crippen molar-refractivity contribution in [2.75, 3.05) is 6.61 Å². The maximum Gasteiger partial charge on any atom is 0.512 e. The number of hydrogen-bond acceptors (Lipinski definition) is 5. The average molecular weight is 562 g/mol. The van der Waals surface area contributed by atoms with Gasteiger partial charge in [-0.25, -0.2) is 4.79 Å². The first kappa shape index (κ1) is 27.0. The van der Waals surface area contributed by atoms with Crippen molar-refractivity contribution in [3.8, 4) is 28.5 Å². The average Bonchev–Trinajstić information content (AvgIpc) is 3.48. The number of aromatic nitrogens is 3. The van der Waals surface area contributed by atoms with E-state index in [1.807, 2.05) is 97.5 Å². The van der Waals surface area contributed by atoms with Crippen LogP contribution in [-0.2, 0) is 20.1 Å². The molecule has 0 unspecified atom stereocenters. The summed E-state index contributed by atoms with van der Waals surface area (Å²) < 4.78 is 19.3. The first-order valence-electron chi connectivity index (χ1n) is 13.8. The highest BCUT2D eigenvalue weighted by Gasteiger charge is 2.22. The molecule has 212 valence electrons. The molecule has 2 heterocycles. The van der Waals surface area contributed by atoms with E-state index in [2.05, 4.69) is 22.2 Å². The van der Waals surface area contributed by atoms with Crippen LogP contribution < -0.4 is 14.2 Å². The number of nitrogens with zero attached hydrogens (tertiary/aromatic N) is 2. The number of fused-ring (bicyclic) bond motifs is 2. The lowest BCUT2D eigenvalue weighted by molar-refractivity contribution is 0.142. The summed E-state index contributed by atoms with van der Waals surface area (Å²) >= 11 is 0. The number of carboxylic acid groups (broad SMARTS) is 1. The molecular weight excluding hydrogens is 530 g/mol. The van der Waals surface area contributed by atoms with Crippen molar-refractivity contribution in [3.05, 3.63) is 108 Å². The molecule has 8 heteroatoms. The molecule has 0 bridgehead atoms. The van der Waals surface area contributed by atoms with Crippen LogP contribution in [0.1, 0.15) is 23.4 Å². The van der Waals surface area contributed by atoms with Gasteiger partial charge in [0.1, 0.15) is 18.1 Å². The van der Waals surface area contributed by atoms with Crippen LogP contribution in [0.25, 0.3) is 32.8 Å². The highest BCUT2D eigenvalue weighted by atomic mass is 16.7. The van der Waals surface area contributed by atoms with Crippen LogP contribution in [0.2, 0.25) is 0 Å². The van der Waals surface area contributed by atoms with Gasteiger partial charge in [0.25, 0.3) is 0 Å². The molecule has 42 heavy (non-hydrogen) atoms. The Morgan fingerprint density at radius 2 is 1.64 bits per heavy atom. The molecular formula is C34H31N3O5. The minimum absolute atomic E-state index is 0.221. The minimum atomic E-state index is -1.37. The van der Waals surface area contributed by atoms with Crippen molar-refractivity contribution in [1.82, 2.24) is 14.8 Å². The van der Waals surface area contributed by atoms with Crippen LogP contribution >= 0.6 is 0 Å². The Balaban J connectivity index is 1.29. The predicted molar refractivity (Wildman–Crippen MR) is 162 cm³/mol. The second kappa shape index (κ2) is 11.7. The normalized spacial score (nSPS) is 11.2. The third kappa shape index (κ3) is 5.39. The van der Waals surface area contributed by atoms with E-state index >= 15 is 0 Å². The summed E-state index contributed by atoms with van der Waals surface area (Å²) in [6.07, 6.45) is -0.142. The molecule has 2 N–H and O–H groups in total. The fourth-order valence-corrected chi connectivity index (χ4v) is 5.52. The fourth-order valence-electron chi connectivity index (χ4n) is 5.52. The summed E-state index contributed by atoms with van der Waals surface area (Å²) in [7, 11) is 1.90. The second-order valence-electron chi connectivity index (χ2n) is 10.1. The van der Waals surface area contributed by atoms with Gasteiger partial charge in [-0.3, -0.25) is 4.68 Å². The Bertz CT molecular complexity index is 1870. The number of rotatable bonds is 10. The second-order valence-corrected chi connectivity index (χ2v) is 10.1. The first-order valence-corrected chi connectivity index (χ1v) is 13.8. The summed E-state index contributed by atoms with van der Waals surface area (Å²) in [5.41, 5.74) is 5.17. The van der Waals surface area contributed by atoms with Gasteiger partial charge in [-0.1, -0.05) is 72.8 Å². The van der Waals surface area contributed by atoms with Gasteiger partial charge in [-0.15, -0.1) is 0 Å². The standard InChI is InChI=1S/C34H31N3O5/c1-22-31(29(37(2)36-22)21-41-24-13-4-3-5-14-24)28-17-9-16-26-27(33(35-32(26)28)42-34(38)39)18-10-20-40-30-19-8-12-23-11-6-7-15-25(23)30/h3-9,11-17,19,35H,10,18,20-21H2,1-2H3,(H,38,39). The molecule has 4 aromatic carbocycles. The van der Waals surface area contributed by atoms with Crippen LogP contribution in [0.5, 0.6) is 17.4 Å². The Hall–Kier alpha value is -5.24. The van der Waals surface area contributed by atoms with E-state index in [4.69, 9.17) is 14.2 Å². The molecule has 6 rings (SSSR count).